The van der Waals surface area contributed by atoms with Gasteiger partial charge in [-0.1, -0.05) is 6.42 Å². The van der Waals surface area contributed by atoms with Gasteiger partial charge in [-0.2, -0.15) is 0 Å². The fourth-order valence-corrected chi connectivity index (χ4v) is 3.36. The van der Waals surface area contributed by atoms with Gasteiger partial charge in [0.15, 0.2) is 5.79 Å². The van der Waals surface area contributed by atoms with Crippen molar-refractivity contribution >= 4 is 0 Å². The summed E-state index contributed by atoms with van der Waals surface area (Å²) in [7, 11) is 0. The van der Waals surface area contributed by atoms with Crippen LogP contribution >= 0.6 is 0 Å². The first-order valence-electron chi connectivity index (χ1n) is 7.00. The van der Waals surface area contributed by atoms with Crippen LogP contribution in [0.2, 0.25) is 0 Å². The van der Waals surface area contributed by atoms with Crippen molar-refractivity contribution in [1.82, 2.24) is 0 Å². The van der Waals surface area contributed by atoms with Gasteiger partial charge in [0.25, 0.3) is 0 Å². The molecule has 104 valence electrons. The maximum absolute atomic E-state index is 9.99. The van der Waals surface area contributed by atoms with E-state index >= 15 is 0 Å². The Balaban J connectivity index is 1.74. The molecular formula is C13H22O5. The molecule has 2 heterocycles. The van der Waals surface area contributed by atoms with Gasteiger partial charge in [0.1, 0.15) is 18.3 Å². The molecule has 0 bridgehead atoms. The van der Waals surface area contributed by atoms with E-state index in [1.807, 2.05) is 0 Å². The number of fused-ring (bicyclic) bond motifs is 1. The lowest BCUT2D eigenvalue weighted by Gasteiger charge is -2.34. The molecule has 1 aliphatic carbocycles. The van der Waals surface area contributed by atoms with Crippen LogP contribution in [0.5, 0.6) is 0 Å². The summed E-state index contributed by atoms with van der Waals surface area (Å²) in [6.07, 6.45) is 4.47. The summed E-state index contributed by atoms with van der Waals surface area (Å²) < 4.78 is 17.7. The summed E-state index contributed by atoms with van der Waals surface area (Å²) in [4.78, 5) is 0. The normalized spacial score (nSPS) is 43.0. The Labute approximate surface area is 107 Å². The van der Waals surface area contributed by atoms with Gasteiger partial charge in [-0.3, -0.25) is 0 Å². The van der Waals surface area contributed by atoms with Gasteiger partial charge in [-0.05, 0) is 19.3 Å². The second-order valence-corrected chi connectivity index (χ2v) is 5.59. The van der Waals surface area contributed by atoms with E-state index in [0.29, 0.717) is 6.42 Å². The van der Waals surface area contributed by atoms with Crippen LogP contribution in [0.15, 0.2) is 0 Å². The molecule has 0 aromatic rings. The maximum atomic E-state index is 9.99. The third-order valence-electron chi connectivity index (χ3n) is 4.28. The van der Waals surface area contributed by atoms with Crippen LogP contribution in [0.4, 0.5) is 0 Å². The molecule has 5 nitrogen and oxygen atoms in total. The van der Waals surface area contributed by atoms with Gasteiger partial charge < -0.3 is 24.4 Å². The number of rotatable bonds is 2. The minimum atomic E-state index is -0.619. The van der Waals surface area contributed by atoms with E-state index in [9.17, 15) is 5.11 Å². The first-order chi connectivity index (χ1) is 8.74. The minimum Gasteiger partial charge on any atom is -0.396 e. The highest BCUT2D eigenvalue weighted by Gasteiger charge is 2.54. The van der Waals surface area contributed by atoms with Crippen LogP contribution < -0.4 is 0 Å². The molecule has 2 aliphatic heterocycles. The Morgan fingerprint density at radius 2 is 1.78 bits per heavy atom. The molecule has 5 heteroatoms. The van der Waals surface area contributed by atoms with E-state index in [1.165, 1.54) is 6.42 Å². The Hall–Kier alpha value is -0.200. The predicted octanol–water partition coefficient (Wildman–Crippen LogP) is 0.573. The zero-order valence-electron chi connectivity index (χ0n) is 10.6. The van der Waals surface area contributed by atoms with E-state index in [-0.39, 0.29) is 31.5 Å². The number of hydrogen-bond donors (Lipinski definition) is 2. The second kappa shape index (κ2) is 5.06. The predicted molar refractivity (Wildman–Crippen MR) is 63.0 cm³/mol. The van der Waals surface area contributed by atoms with Gasteiger partial charge in [0.2, 0.25) is 0 Å². The van der Waals surface area contributed by atoms with E-state index < -0.39 is 11.9 Å². The fourth-order valence-electron chi connectivity index (χ4n) is 3.36. The van der Waals surface area contributed by atoms with Crippen molar-refractivity contribution in [1.29, 1.82) is 0 Å². The molecule has 3 rings (SSSR count). The fraction of sp³-hybridized carbons (Fsp3) is 1.00. The number of ether oxygens (including phenoxy) is 3. The summed E-state index contributed by atoms with van der Waals surface area (Å²) in [6, 6.07) is 0. The topological polar surface area (TPSA) is 68.2 Å². The Kier molecular flexibility index (Phi) is 3.60. The summed E-state index contributed by atoms with van der Waals surface area (Å²) >= 11 is 0. The molecular weight excluding hydrogens is 236 g/mol. The highest BCUT2D eigenvalue weighted by molar-refractivity contribution is 4.97. The molecule has 0 amide bonds. The highest BCUT2D eigenvalue weighted by atomic mass is 16.8. The molecule has 1 saturated carbocycles. The zero-order valence-corrected chi connectivity index (χ0v) is 10.6. The molecule has 0 aromatic carbocycles. The number of aliphatic hydroxyl groups is 2. The minimum absolute atomic E-state index is 0.0698. The van der Waals surface area contributed by atoms with Crippen molar-refractivity contribution in [3.63, 3.8) is 0 Å². The molecule has 3 fully saturated rings. The summed E-state index contributed by atoms with van der Waals surface area (Å²) in [5.41, 5.74) is 0. The highest BCUT2D eigenvalue weighted by Crippen LogP contribution is 2.44. The molecule has 2 N–H and O–H groups in total. The summed E-state index contributed by atoms with van der Waals surface area (Å²) in [6.45, 7) is 0.339. The number of hydrogen-bond acceptors (Lipinski definition) is 5. The molecule has 18 heavy (non-hydrogen) atoms. The van der Waals surface area contributed by atoms with Gasteiger partial charge in [-0.25, -0.2) is 0 Å². The van der Waals surface area contributed by atoms with Gasteiger partial charge in [-0.15, -0.1) is 0 Å². The SMILES string of the molecule is OCCC1OC[C@H](O)C2OC3(CCCCC3)O[C@H]12. The van der Waals surface area contributed by atoms with Gasteiger partial charge in [0, 0.05) is 19.4 Å². The van der Waals surface area contributed by atoms with E-state index in [1.54, 1.807) is 0 Å². The molecule has 3 aliphatic rings. The molecule has 2 unspecified atom stereocenters. The quantitative estimate of drug-likeness (QED) is 0.758. The lowest BCUT2D eigenvalue weighted by molar-refractivity contribution is -0.200. The van der Waals surface area contributed by atoms with Crippen molar-refractivity contribution in [2.45, 2.75) is 68.7 Å². The van der Waals surface area contributed by atoms with Crippen LogP contribution in [0.25, 0.3) is 0 Å². The Bertz CT molecular complexity index is 289. The zero-order chi connectivity index (χ0) is 12.6. The smallest absolute Gasteiger partial charge is 0.169 e. The van der Waals surface area contributed by atoms with Crippen LogP contribution in [-0.4, -0.2) is 53.6 Å². The number of aliphatic hydroxyl groups excluding tert-OH is 2. The van der Waals surface area contributed by atoms with Crippen molar-refractivity contribution < 1.29 is 24.4 Å². The third-order valence-corrected chi connectivity index (χ3v) is 4.28. The first-order valence-corrected chi connectivity index (χ1v) is 7.00. The lowest BCUT2D eigenvalue weighted by Crippen LogP contribution is -2.51. The van der Waals surface area contributed by atoms with Crippen molar-refractivity contribution in [3.05, 3.63) is 0 Å². The molecule has 0 radical (unpaired) electrons. The van der Waals surface area contributed by atoms with Gasteiger partial charge >= 0.3 is 0 Å². The first kappa shape index (κ1) is 12.8. The lowest BCUT2D eigenvalue weighted by atomic mass is 9.94. The maximum Gasteiger partial charge on any atom is 0.169 e. The van der Waals surface area contributed by atoms with E-state index in [2.05, 4.69) is 0 Å². The summed E-state index contributed by atoms with van der Waals surface area (Å²) in [5.74, 6) is -0.504. The second-order valence-electron chi connectivity index (χ2n) is 5.59. The standard InChI is InChI=1S/C13H22O5/c14-7-4-10-12-11(9(15)8-16-10)17-13(18-12)5-2-1-3-6-13/h9-12,14-15H,1-8H2/t9-,10?,11?,12+/m0/s1. The Morgan fingerprint density at radius 1 is 1.06 bits per heavy atom. The average Bonchev–Trinajstić information content (AvgIpc) is 2.74. The van der Waals surface area contributed by atoms with Crippen molar-refractivity contribution in [2.75, 3.05) is 13.2 Å². The van der Waals surface area contributed by atoms with Crippen LogP contribution in [0.3, 0.4) is 0 Å². The molecule has 1 spiro atoms. The van der Waals surface area contributed by atoms with Gasteiger partial charge in [0.05, 0.1) is 12.7 Å². The Morgan fingerprint density at radius 3 is 2.50 bits per heavy atom. The van der Waals surface area contributed by atoms with Crippen LogP contribution in [0.1, 0.15) is 38.5 Å². The summed E-state index contributed by atoms with van der Waals surface area (Å²) in [5, 5.41) is 19.1. The van der Waals surface area contributed by atoms with Crippen molar-refractivity contribution in [2.24, 2.45) is 0 Å². The van der Waals surface area contributed by atoms with Crippen molar-refractivity contribution in [3.8, 4) is 0 Å². The molecule has 0 aromatic heterocycles. The van der Waals surface area contributed by atoms with Crippen LogP contribution in [-0.2, 0) is 14.2 Å². The van der Waals surface area contributed by atoms with E-state index in [4.69, 9.17) is 19.3 Å². The largest absolute Gasteiger partial charge is 0.396 e. The van der Waals surface area contributed by atoms with Crippen LogP contribution in [0, 0.1) is 0 Å². The molecule has 2 saturated heterocycles. The monoisotopic (exact) mass is 258 g/mol. The average molecular weight is 258 g/mol. The van der Waals surface area contributed by atoms with E-state index in [0.717, 1.165) is 25.7 Å². The third kappa shape index (κ3) is 2.18. The molecule has 4 atom stereocenters.